The van der Waals surface area contributed by atoms with Crippen molar-refractivity contribution in [1.82, 2.24) is 9.55 Å². The maximum Gasteiger partial charge on any atom is 0.344 e. The molecule has 0 unspecified atom stereocenters. The summed E-state index contributed by atoms with van der Waals surface area (Å²) in [5.74, 6) is -1.67. The van der Waals surface area contributed by atoms with Gasteiger partial charge in [-0.05, 0) is 4.92 Å². The van der Waals surface area contributed by atoms with Crippen molar-refractivity contribution in [2.75, 3.05) is 6.61 Å². The maximum absolute atomic E-state index is 11.2. The second kappa shape index (κ2) is 6.71. The molecule has 2 heterocycles. The van der Waals surface area contributed by atoms with Gasteiger partial charge in [0.2, 0.25) is 6.23 Å². The van der Waals surface area contributed by atoms with Gasteiger partial charge in [-0.3, -0.25) is 9.59 Å². The first kappa shape index (κ1) is 16.8. The molecule has 0 saturated carbocycles. The highest BCUT2D eigenvalue weighted by Crippen LogP contribution is 2.34. The van der Waals surface area contributed by atoms with Crippen molar-refractivity contribution in [3.8, 4) is 0 Å². The molecule has 0 amide bonds. The van der Waals surface area contributed by atoms with Crippen molar-refractivity contribution in [2.24, 2.45) is 0 Å². The van der Waals surface area contributed by atoms with Gasteiger partial charge in [0.1, 0.15) is 25.0 Å². The molecule has 11 heteroatoms. The molecule has 1 N–H and O–H groups in total. The quantitative estimate of drug-likeness (QED) is 0.328. The fraction of sp³-hybridized carbons (Fsp3) is 0.583. The van der Waals surface area contributed by atoms with Crippen LogP contribution in [0.25, 0.3) is 0 Å². The minimum atomic E-state index is -1.33. The average molecular weight is 330 g/mol. The van der Waals surface area contributed by atoms with Gasteiger partial charge in [-0.15, -0.1) is 0 Å². The summed E-state index contributed by atoms with van der Waals surface area (Å²) in [7, 11) is 0. The highest BCUT2D eigenvalue weighted by Gasteiger charge is 2.51. The Hall–Kier alpha value is -2.53. The SMILES string of the molecule is CC(=O)OC[C@H]1O[C@@H](n2cncc2[N+](=O)[O-])[13C@H](OC(C)=O)[C@@H]1O. The second-order valence-electron chi connectivity index (χ2n) is 4.85. The number of nitro groups is 1. The highest BCUT2D eigenvalue weighted by molar-refractivity contribution is 5.66. The van der Waals surface area contributed by atoms with Gasteiger partial charge < -0.3 is 29.4 Å². The number of hydrogen-bond acceptors (Lipinski definition) is 9. The molecule has 0 aliphatic carbocycles. The third-order valence-corrected chi connectivity index (χ3v) is 3.17. The molecule has 126 valence electrons. The lowest BCUT2D eigenvalue weighted by Gasteiger charge is -2.18. The fourth-order valence-corrected chi connectivity index (χ4v) is 2.23. The summed E-state index contributed by atoms with van der Waals surface area (Å²) >= 11 is 0. The third kappa shape index (κ3) is 3.63. The number of rotatable bonds is 5. The first-order valence-electron chi connectivity index (χ1n) is 6.61. The standard InChI is InChI=1S/C12H15N3O8/c1-6(16)21-4-8-10(18)11(22-7(2)17)12(23-8)14-5-13-3-9(14)15(19)20/h3,5,8,10-12,18H,4H2,1-2H3/t8-,10-,11-,12-/m1/s1/i11+1. The van der Waals surface area contributed by atoms with Crippen LogP contribution in [0.1, 0.15) is 20.1 Å². The Kier molecular flexibility index (Phi) is 4.91. The van der Waals surface area contributed by atoms with Gasteiger partial charge in [0.05, 0.1) is 0 Å². The molecule has 1 aromatic rings. The number of ether oxygens (including phenoxy) is 3. The van der Waals surface area contributed by atoms with Crippen LogP contribution in [0.2, 0.25) is 0 Å². The fourth-order valence-electron chi connectivity index (χ4n) is 2.23. The zero-order valence-corrected chi connectivity index (χ0v) is 12.3. The summed E-state index contributed by atoms with van der Waals surface area (Å²) < 4.78 is 16.3. The lowest BCUT2D eigenvalue weighted by molar-refractivity contribution is -0.394. The molecule has 1 saturated heterocycles. The number of esters is 2. The van der Waals surface area contributed by atoms with E-state index in [1.807, 2.05) is 0 Å². The zero-order valence-electron chi connectivity index (χ0n) is 12.3. The van der Waals surface area contributed by atoms with Crippen LogP contribution < -0.4 is 0 Å². The first-order valence-corrected chi connectivity index (χ1v) is 6.61. The summed E-state index contributed by atoms with van der Waals surface area (Å²) in [6, 6.07) is 0. The number of imidazole rings is 1. The number of hydrogen-bond donors (Lipinski definition) is 1. The smallest absolute Gasteiger partial charge is 0.344 e. The van der Waals surface area contributed by atoms with E-state index in [0.29, 0.717) is 0 Å². The Morgan fingerprint density at radius 3 is 2.74 bits per heavy atom. The van der Waals surface area contributed by atoms with E-state index in [1.165, 1.54) is 6.92 Å². The Morgan fingerprint density at radius 1 is 1.48 bits per heavy atom. The third-order valence-electron chi connectivity index (χ3n) is 3.17. The van der Waals surface area contributed by atoms with Crippen molar-refractivity contribution < 1.29 is 33.8 Å². The lowest BCUT2D eigenvalue weighted by Crippen LogP contribution is -2.37. The maximum atomic E-state index is 11.2. The molecule has 1 fully saturated rings. The van der Waals surface area contributed by atoms with Crippen molar-refractivity contribution in [3.05, 3.63) is 22.6 Å². The van der Waals surface area contributed by atoms with Crippen molar-refractivity contribution in [3.63, 3.8) is 0 Å². The molecule has 0 spiro atoms. The Labute approximate surface area is 129 Å². The van der Waals surface area contributed by atoms with Crippen LogP contribution in [0.4, 0.5) is 5.82 Å². The first-order chi connectivity index (χ1) is 10.8. The van der Waals surface area contributed by atoms with Gasteiger partial charge in [-0.1, -0.05) is 0 Å². The van der Waals surface area contributed by atoms with Gasteiger partial charge in [-0.2, -0.15) is 4.57 Å². The van der Waals surface area contributed by atoms with Crippen LogP contribution in [-0.4, -0.2) is 56.4 Å². The molecule has 1 aromatic heterocycles. The number of aliphatic hydroxyl groups excluding tert-OH is 1. The van der Waals surface area contributed by atoms with E-state index < -0.39 is 47.2 Å². The summed E-state index contributed by atoms with van der Waals surface area (Å²) in [6.45, 7) is 2.03. The zero-order chi connectivity index (χ0) is 17.1. The van der Waals surface area contributed by atoms with Crippen molar-refractivity contribution >= 4 is 17.8 Å². The largest absolute Gasteiger partial charge is 0.463 e. The van der Waals surface area contributed by atoms with Crippen LogP contribution in [0.5, 0.6) is 0 Å². The minimum Gasteiger partial charge on any atom is -0.463 e. The molecule has 0 radical (unpaired) electrons. The number of carbonyl (C=O) groups excluding carboxylic acids is 2. The van der Waals surface area contributed by atoms with Crippen LogP contribution in [0.3, 0.4) is 0 Å². The molecule has 11 nitrogen and oxygen atoms in total. The lowest BCUT2D eigenvalue weighted by atomic mass is 10.3. The van der Waals surface area contributed by atoms with Crippen molar-refractivity contribution in [2.45, 2.75) is 38.4 Å². The van der Waals surface area contributed by atoms with Crippen LogP contribution in [0.15, 0.2) is 12.5 Å². The molecular weight excluding hydrogens is 315 g/mol. The summed E-state index contributed by atoms with van der Waals surface area (Å²) in [4.78, 5) is 36.1. The van der Waals surface area contributed by atoms with Crippen LogP contribution >= 0.6 is 0 Å². The molecular formula is C12H15N3O8. The molecule has 4 atom stereocenters. The van der Waals surface area contributed by atoms with Crippen molar-refractivity contribution in [1.29, 1.82) is 0 Å². The molecule has 23 heavy (non-hydrogen) atoms. The molecule has 1 aliphatic rings. The van der Waals surface area contributed by atoms with E-state index in [0.717, 1.165) is 24.0 Å². The number of aromatic nitrogens is 2. The van der Waals surface area contributed by atoms with E-state index in [4.69, 9.17) is 14.2 Å². The van der Waals surface area contributed by atoms with Crippen LogP contribution in [-0.2, 0) is 23.8 Å². The van der Waals surface area contributed by atoms with E-state index >= 15 is 0 Å². The van der Waals surface area contributed by atoms with Crippen LogP contribution in [0, 0.1) is 10.1 Å². The van der Waals surface area contributed by atoms with E-state index in [2.05, 4.69) is 4.98 Å². The molecule has 0 bridgehead atoms. The van der Waals surface area contributed by atoms with Gasteiger partial charge in [-0.25, -0.2) is 4.98 Å². The number of aliphatic hydroxyl groups is 1. The average Bonchev–Trinajstić information content (AvgIpc) is 3.03. The van der Waals surface area contributed by atoms with E-state index in [9.17, 15) is 24.8 Å². The van der Waals surface area contributed by atoms with E-state index in [1.54, 1.807) is 0 Å². The molecule has 1 aliphatic heterocycles. The predicted molar refractivity (Wildman–Crippen MR) is 71.0 cm³/mol. The Balaban J connectivity index is 2.27. The monoisotopic (exact) mass is 330 g/mol. The topological polar surface area (TPSA) is 143 Å². The highest BCUT2D eigenvalue weighted by atomic mass is 16.7. The van der Waals surface area contributed by atoms with Gasteiger partial charge in [0.15, 0.2) is 12.4 Å². The molecule has 0 aromatic carbocycles. The minimum absolute atomic E-state index is 0.284. The summed E-state index contributed by atoms with van der Waals surface area (Å²) in [5, 5.41) is 21.2. The van der Waals surface area contributed by atoms with E-state index in [-0.39, 0.29) is 6.61 Å². The number of carbonyl (C=O) groups is 2. The summed E-state index contributed by atoms with van der Waals surface area (Å²) in [6.07, 6.45) is -2.58. The summed E-state index contributed by atoms with van der Waals surface area (Å²) in [5.41, 5.74) is 0. The number of nitrogens with zero attached hydrogens (tertiary/aromatic N) is 3. The van der Waals surface area contributed by atoms with Gasteiger partial charge in [0.25, 0.3) is 0 Å². The van der Waals surface area contributed by atoms with Gasteiger partial charge >= 0.3 is 17.8 Å². The predicted octanol–water partition coefficient (Wildman–Crippen LogP) is -0.456. The second-order valence-corrected chi connectivity index (χ2v) is 4.85. The molecule has 2 rings (SSSR count). The Morgan fingerprint density at radius 2 is 2.17 bits per heavy atom. The van der Waals surface area contributed by atoms with Gasteiger partial charge in [0, 0.05) is 13.8 Å². The Bertz CT molecular complexity index is 615. The normalized spacial score (nSPS) is 26.7.